The number of hydrogen-bond donors (Lipinski definition) is 0. The van der Waals surface area contributed by atoms with E-state index in [-0.39, 0.29) is 0 Å². The first-order chi connectivity index (χ1) is 26.3. The van der Waals surface area contributed by atoms with Crippen LogP contribution in [0.2, 0.25) is 0 Å². The number of fused-ring (bicyclic) bond motifs is 7. The Hall–Kier alpha value is -6.96. The van der Waals surface area contributed by atoms with E-state index in [1.54, 1.807) is 0 Å². The Morgan fingerprint density at radius 1 is 0.264 bits per heavy atom. The Labute approximate surface area is 307 Å². The molecule has 0 aliphatic carbocycles. The topological polar surface area (TPSA) is 4.93 Å². The van der Waals surface area contributed by atoms with Crippen LogP contribution in [0, 0.1) is 0 Å². The zero-order chi connectivity index (χ0) is 34.9. The zero-order valence-corrected chi connectivity index (χ0v) is 29.0. The standard InChI is InChI=1S/C52H33N/c1-2-18-38(19-3-1)53-49-27-11-10-22-41(49)47-32-37(29-31-50(47)53)36-28-30-46-48(33-36)52(43-26-13-17-35-15-5-7-21-40(35)43)45-24-9-8-23-44(45)51(46)42-25-12-16-34-14-4-6-20-39(34)42/h1-33H. The third-order valence-electron chi connectivity index (χ3n) is 11.2. The van der Waals surface area contributed by atoms with Gasteiger partial charge in [-0.05, 0) is 113 Å². The number of aromatic nitrogens is 1. The van der Waals surface area contributed by atoms with Crippen molar-refractivity contribution in [2.75, 3.05) is 0 Å². The highest BCUT2D eigenvalue weighted by atomic mass is 15.0. The molecular formula is C52H33N. The second-order valence-electron chi connectivity index (χ2n) is 14.0. The van der Waals surface area contributed by atoms with Crippen molar-refractivity contribution >= 4 is 64.9 Å². The van der Waals surface area contributed by atoms with Gasteiger partial charge in [0.15, 0.2) is 0 Å². The van der Waals surface area contributed by atoms with Gasteiger partial charge in [0.2, 0.25) is 0 Å². The van der Waals surface area contributed by atoms with E-state index in [2.05, 4.69) is 205 Å². The molecule has 0 aliphatic rings. The van der Waals surface area contributed by atoms with Crippen molar-refractivity contribution in [1.82, 2.24) is 4.57 Å². The molecule has 53 heavy (non-hydrogen) atoms. The van der Waals surface area contributed by atoms with E-state index in [0.29, 0.717) is 0 Å². The summed E-state index contributed by atoms with van der Waals surface area (Å²) in [6, 6.07) is 73.6. The first-order valence-corrected chi connectivity index (χ1v) is 18.4. The predicted molar refractivity (Wildman–Crippen MR) is 227 cm³/mol. The van der Waals surface area contributed by atoms with Gasteiger partial charge in [-0.3, -0.25) is 0 Å². The van der Waals surface area contributed by atoms with E-state index in [0.717, 1.165) is 0 Å². The largest absolute Gasteiger partial charge is 0.309 e. The van der Waals surface area contributed by atoms with Crippen LogP contribution >= 0.6 is 0 Å². The lowest BCUT2D eigenvalue weighted by molar-refractivity contribution is 1.18. The van der Waals surface area contributed by atoms with Gasteiger partial charge in [0.05, 0.1) is 11.0 Å². The zero-order valence-electron chi connectivity index (χ0n) is 29.0. The summed E-state index contributed by atoms with van der Waals surface area (Å²) in [5.74, 6) is 0. The van der Waals surface area contributed by atoms with E-state index >= 15 is 0 Å². The molecule has 0 aliphatic heterocycles. The number of hydrogen-bond acceptors (Lipinski definition) is 0. The van der Waals surface area contributed by atoms with E-state index in [9.17, 15) is 0 Å². The van der Waals surface area contributed by atoms with Crippen molar-refractivity contribution in [1.29, 1.82) is 0 Å². The van der Waals surface area contributed by atoms with Gasteiger partial charge in [0, 0.05) is 16.5 Å². The van der Waals surface area contributed by atoms with Crippen LogP contribution in [0.5, 0.6) is 0 Å². The Morgan fingerprint density at radius 3 is 1.38 bits per heavy atom. The average Bonchev–Trinajstić information content (AvgIpc) is 3.56. The summed E-state index contributed by atoms with van der Waals surface area (Å²) >= 11 is 0. The molecule has 0 radical (unpaired) electrons. The maximum atomic E-state index is 2.45. The van der Waals surface area contributed by atoms with E-state index in [1.807, 2.05) is 0 Å². The third kappa shape index (κ3) is 4.58. The highest BCUT2D eigenvalue weighted by molar-refractivity contribution is 6.25. The van der Waals surface area contributed by atoms with Crippen LogP contribution in [0.25, 0.3) is 104 Å². The van der Waals surface area contributed by atoms with Crippen molar-refractivity contribution in [2.24, 2.45) is 0 Å². The van der Waals surface area contributed by atoms with Gasteiger partial charge in [-0.25, -0.2) is 0 Å². The molecule has 0 amide bonds. The van der Waals surface area contributed by atoms with Gasteiger partial charge >= 0.3 is 0 Å². The maximum Gasteiger partial charge on any atom is 0.0541 e. The van der Waals surface area contributed by atoms with Crippen LogP contribution in [0.1, 0.15) is 0 Å². The highest BCUT2D eigenvalue weighted by Crippen LogP contribution is 2.48. The summed E-state index contributed by atoms with van der Waals surface area (Å²) < 4.78 is 2.38. The highest BCUT2D eigenvalue weighted by Gasteiger charge is 2.20. The van der Waals surface area contributed by atoms with Crippen molar-refractivity contribution in [2.45, 2.75) is 0 Å². The summed E-state index contributed by atoms with van der Waals surface area (Å²) in [6.07, 6.45) is 0. The fraction of sp³-hybridized carbons (Fsp3) is 0. The maximum absolute atomic E-state index is 2.45. The van der Waals surface area contributed by atoms with Crippen LogP contribution in [0.3, 0.4) is 0 Å². The Bertz CT molecular complexity index is 3210. The lowest BCUT2D eigenvalue weighted by Crippen LogP contribution is -1.93. The first kappa shape index (κ1) is 29.7. The van der Waals surface area contributed by atoms with Crippen molar-refractivity contribution in [3.05, 3.63) is 200 Å². The van der Waals surface area contributed by atoms with E-state index in [4.69, 9.17) is 0 Å². The summed E-state index contributed by atoms with van der Waals surface area (Å²) in [5.41, 5.74) is 11.1. The smallest absolute Gasteiger partial charge is 0.0541 e. The van der Waals surface area contributed by atoms with Crippen LogP contribution in [0.4, 0.5) is 0 Å². The summed E-state index contributed by atoms with van der Waals surface area (Å²) in [5, 5.41) is 12.6. The molecule has 0 saturated heterocycles. The fourth-order valence-electron chi connectivity index (χ4n) is 8.83. The van der Waals surface area contributed by atoms with E-state index in [1.165, 1.54) is 104 Å². The molecule has 1 heterocycles. The van der Waals surface area contributed by atoms with Crippen molar-refractivity contribution in [3.63, 3.8) is 0 Å². The SMILES string of the molecule is c1ccc(-n2c3ccccc3c3cc(-c4ccc5c(-c6cccc7ccccc67)c6ccccc6c(-c6cccc7ccccc67)c5c4)ccc32)cc1. The van der Waals surface area contributed by atoms with Crippen molar-refractivity contribution in [3.8, 4) is 39.1 Å². The Balaban J connectivity index is 1.24. The lowest BCUT2D eigenvalue weighted by Gasteiger charge is -2.20. The molecule has 11 aromatic rings. The monoisotopic (exact) mass is 671 g/mol. The van der Waals surface area contributed by atoms with E-state index < -0.39 is 0 Å². The molecule has 0 N–H and O–H groups in total. The van der Waals surface area contributed by atoms with Crippen LogP contribution < -0.4 is 0 Å². The number of benzene rings is 10. The summed E-state index contributed by atoms with van der Waals surface area (Å²) in [4.78, 5) is 0. The molecule has 10 aromatic carbocycles. The van der Waals surface area contributed by atoms with Gasteiger partial charge in [0.25, 0.3) is 0 Å². The van der Waals surface area contributed by atoms with Crippen LogP contribution in [-0.4, -0.2) is 4.57 Å². The van der Waals surface area contributed by atoms with Crippen molar-refractivity contribution < 1.29 is 0 Å². The van der Waals surface area contributed by atoms with Gasteiger partial charge in [0.1, 0.15) is 0 Å². The van der Waals surface area contributed by atoms with Crippen LogP contribution in [0.15, 0.2) is 200 Å². The second kappa shape index (κ2) is 11.8. The molecular weight excluding hydrogens is 639 g/mol. The third-order valence-corrected chi connectivity index (χ3v) is 11.2. The van der Waals surface area contributed by atoms with Gasteiger partial charge in [-0.2, -0.15) is 0 Å². The van der Waals surface area contributed by atoms with Gasteiger partial charge in [-0.15, -0.1) is 0 Å². The number of rotatable bonds is 4. The summed E-state index contributed by atoms with van der Waals surface area (Å²) in [7, 11) is 0. The molecule has 246 valence electrons. The molecule has 0 unspecified atom stereocenters. The minimum absolute atomic E-state index is 1.17. The number of nitrogens with zero attached hydrogens (tertiary/aromatic N) is 1. The number of para-hydroxylation sites is 2. The molecule has 1 nitrogen and oxygen atoms in total. The fourth-order valence-corrected chi connectivity index (χ4v) is 8.83. The Morgan fingerprint density at radius 2 is 0.717 bits per heavy atom. The molecule has 11 rings (SSSR count). The Kier molecular flexibility index (Phi) is 6.62. The second-order valence-corrected chi connectivity index (χ2v) is 14.0. The molecule has 1 aromatic heterocycles. The minimum atomic E-state index is 1.17. The molecule has 0 saturated carbocycles. The normalized spacial score (nSPS) is 11.8. The quantitative estimate of drug-likeness (QED) is 0.164. The molecule has 0 bridgehead atoms. The average molecular weight is 672 g/mol. The first-order valence-electron chi connectivity index (χ1n) is 18.4. The lowest BCUT2D eigenvalue weighted by atomic mass is 9.83. The molecule has 0 fully saturated rings. The predicted octanol–water partition coefficient (Wildman–Crippen LogP) is 14.4. The van der Waals surface area contributed by atoms with Gasteiger partial charge < -0.3 is 4.57 Å². The molecule has 0 atom stereocenters. The molecule has 1 heteroatoms. The minimum Gasteiger partial charge on any atom is -0.309 e. The molecule has 0 spiro atoms. The van der Waals surface area contributed by atoms with Gasteiger partial charge in [-0.1, -0.05) is 164 Å². The van der Waals surface area contributed by atoms with Crippen LogP contribution in [-0.2, 0) is 0 Å². The summed E-state index contributed by atoms with van der Waals surface area (Å²) in [6.45, 7) is 0.